The van der Waals surface area contributed by atoms with Crippen molar-refractivity contribution >= 4 is 18.0 Å². The van der Waals surface area contributed by atoms with E-state index in [4.69, 9.17) is 4.74 Å². The molecule has 0 radical (unpaired) electrons. The van der Waals surface area contributed by atoms with Gasteiger partial charge in [0, 0.05) is 6.04 Å². The highest BCUT2D eigenvalue weighted by Gasteiger charge is 2.19. The van der Waals surface area contributed by atoms with Gasteiger partial charge in [-0.25, -0.2) is 5.43 Å². The van der Waals surface area contributed by atoms with Crippen LogP contribution in [0.2, 0.25) is 0 Å². The molecule has 0 aromatic heterocycles. The molecule has 7 nitrogen and oxygen atoms in total. The van der Waals surface area contributed by atoms with Crippen molar-refractivity contribution in [2.75, 3.05) is 6.61 Å². The molecule has 0 atom stereocenters. The Morgan fingerprint density at radius 3 is 2.64 bits per heavy atom. The lowest BCUT2D eigenvalue weighted by atomic mass is 10.1. The predicted octanol–water partition coefficient (Wildman–Crippen LogP) is 2.08. The molecule has 0 bridgehead atoms. The zero-order valence-electron chi connectivity index (χ0n) is 14.5. The molecule has 25 heavy (non-hydrogen) atoms. The van der Waals surface area contributed by atoms with E-state index in [2.05, 4.69) is 15.8 Å². The first-order valence-electron chi connectivity index (χ1n) is 8.70. The van der Waals surface area contributed by atoms with Gasteiger partial charge in [0.05, 0.1) is 12.8 Å². The number of phenols is 1. The Kier molecular flexibility index (Phi) is 7.25. The van der Waals surface area contributed by atoms with E-state index >= 15 is 0 Å². The molecule has 0 saturated heterocycles. The fourth-order valence-electron chi connectivity index (χ4n) is 2.77. The Bertz CT molecular complexity index is 623. The van der Waals surface area contributed by atoms with Crippen LogP contribution >= 0.6 is 0 Å². The largest absolute Gasteiger partial charge is 0.504 e. The zero-order chi connectivity index (χ0) is 18.1. The zero-order valence-corrected chi connectivity index (χ0v) is 14.5. The summed E-state index contributed by atoms with van der Waals surface area (Å²) in [6.45, 7) is 2.24. The maximum absolute atomic E-state index is 11.9. The number of hydrogen-bond acceptors (Lipinski definition) is 5. The number of carbonyl (C=O) groups excluding carboxylic acids is 2. The molecule has 0 spiro atoms. The van der Waals surface area contributed by atoms with Gasteiger partial charge in [0.15, 0.2) is 11.5 Å². The molecule has 1 aromatic carbocycles. The third kappa shape index (κ3) is 6.10. The standard InChI is InChI=1S/C18H25N3O4/c1-2-25-16-11-13(9-10-15(16)22)12-19-21-18(24)17(23)20-14-7-5-3-4-6-8-14/h9-12,14,22H,2-8H2,1H3,(H,20,23)(H,21,24)/b19-12-. The molecule has 1 saturated carbocycles. The summed E-state index contributed by atoms with van der Waals surface area (Å²) >= 11 is 0. The first-order chi connectivity index (χ1) is 12.1. The Balaban J connectivity index is 1.84. The topological polar surface area (TPSA) is 100 Å². The van der Waals surface area contributed by atoms with Gasteiger partial charge in [-0.1, -0.05) is 25.7 Å². The summed E-state index contributed by atoms with van der Waals surface area (Å²) in [5.41, 5.74) is 2.85. The molecular formula is C18H25N3O4. The number of ether oxygens (including phenoxy) is 1. The summed E-state index contributed by atoms with van der Waals surface area (Å²) in [6, 6.07) is 4.77. The summed E-state index contributed by atoms with van der Waals surface area (Å²) in [7, 11) is 0. The van der Waals surface area contributed by atoms with Crippen LogP contribution in [0, 0.1) is 0 Å². The van der Waals surface area contributed by atoms with Gasteiger partial charge in [-0.05, 0) is 43.5 Å². The van der Waals surface area contributed by atoms with Crippen LogP contribution in [0.25, 0.3) is 0 Å². The number of nitrogens with zero attached hydrogens (tertiary/aromatic N) is 1. The van der Waals surface area contributed by atoms with E-state index in [1.165, 1.54) is 25.1 Å². The Morgan fingerprint density at radius 1 is 1.24 bits per heavy atom. The minimum atomic E-state index is -0.788. The number of rotatable bonds is 5. The van der Waals surface area contributed by atoms with Gasteiger partial charge >= 0.3 is 11.8 Å². The summed E-state index contributed by atoms with van der Waals surface area (Å²) in [4.78, 5) is 23.7. The molecule has 0 unspecified atom stereocenters. The van der Waals surface area contributed by atoms with Gasteiger partial charge in [0.25, 0.3) is 0 Å². The average molecular weight is 347 g/mol. The van der Waals surface area contributed by atoms with Crippen LogP contribution in [0.3, 0.4) is 0 Å². The monoisotopic (exact) mass is 347 g/mol. The van der Waals surface area contributed by atoms with Crippen molar-refractivity contribution in [2.45, 2.75) is 51.5 Å². The summed E-state index contributed by atoms with van der Waals surface area (Å²) in [6.07, 6.45) is 7.73. The Hall–Kier alpha value is -2.57. The quantitative estimate of drug-likeness (QED) is 0.329. The van der Waals surface area contributed by atoms with E-state index in [1.807, 2.05) is 6.92 Å². The fourth-order valence-corrected chi connectivity index (χ4v) is 2.77. The number of hydrogen-bond donors (Lipinski definition) is 3. The van der Waals surface area contributed by atoms with Crippen LogP contribution in [-0.4, -0.2) is 35.8 Å². The maximum Gasteiger partial charge on any atom is 0.329 e. The second-order valence-corrected chi connectivity index (χ2v) is 6.02. The van der Waals surface area contributed by atoms with E-state index in [0.29, 0.717) is 17.9 Å². The number of phenolic OH excluding ortho intramolecular Hbond substituents is 1. The molecule has 3 N–H and O–H groups in total. The lowest BCUT2D eigenvalue weighted by Gasteiger charge is -2.15. The van der Waals surface area contributed by atoms with E-state index in [0.717, 1.165) is 25.7 Å². The predicted molar refractivity (Wildman–Crippen MR) is 94.6 cm³/mol. The summed E-state index contributed by atoms with van der Waals surface area (Å²) in [5, 5.41) is 16.2. The number of aromatic hydroxyl groups is 1. The van der Waals surface area contributed by atoms with Gasteiger partial charge in [0.2, 0.25) is 0 Å². The highest BCUT2D eigenvalue weighted by atomic mass is 16.5. The van der Waals surface area contributed by atoms with Crippen molar-refractivity contribution in [2.24, 2.45) is 5.10 Å². The third-order valence-electron chi connectivity index (χ3n) is 4.06. The molecule has 1 aromatic rings. The van der Waals surface area contributed by atoms with Crippen LogP contribution in [0.1, 0.15) is 51.0 Å². The number of hydrazone groups is 1. The number of nitrogens with one attached hydrogen (secondary N) is 2. The van der Waals surface area contributed by atoms with Gasteiger partial charge in [-0.2, -0.15) is 5.10 Å². The van der Waals surface area contributed by atoms with Crippen LogP contribution in [0.15, 0.2) is 23.3 Å². The molecule has 7 heteroatoms. The normalized spacial score (nSPS) is 15.6. The van der Waals surface area contributed by atoms with Gasteiger partial charge < -0.3 is 15.2 Å². The van der Waals surface area contributed by atoms with E-state index in [1.54, 1.807) is 12.1 Å². The highest BCUT2D eigenvalue weighted by molar-refractivity contribution is 6.35. The smallest absolute Gasteiger partial charge is 0.329 e. The van der Waals surface area contributed by atoms with Crippen molar-refractivity contribution in [3.63, 3.8) is 0 Å². The first-order valence-corrected chi connectivity index (χ1v) is 8.70. The van der Waals surface area contributed by atoms with Gasteiger partial charge in [-0.3, -0.25) is 9.59 Å². The Labute approximate surface area is 147 Å². The molecular weight excluding hydrogens is 322 g/mol. The maximum atomic E-state index is 11.9. The summed E-state index contributed by atoms with van der Waals surface area (Å²) in [5.74, 6) is -1.08. The molecule has 2 amide bonds. The molecule has 1 fully saturated rings. The minimum Gasteiger partial charge on any atom is -0.504 e. The highest BCUT2D eigenvalue weighted by Crippen LogP contribution is 2.26. The van der Waals surface area contributed by atoms with Crippen molar-refractivity contribution in [1.29, 1.82) is 0 Å². The van der Waals surface area contributed by atoms with Crippen LogP contribution in [-0.2, 0) is 9.59 Å². The van der Waals surface area contributed by atoms with Crippen LogP contribution < -0.4 is 15.5 Å². The van der Waals surface area contributed by atoms with Crippen molar-refractivity contribution in [3.05, 3.63) is 23.8 Å². The third-order valence-corrected chi connectivity index (χ3v) is 4.06. The molecule has 1 aliphatic carbocycles. The summed E-state index contributed by atoms with van der Waals surface area (Å²) < 4.78 is 5.27. The second kappa shape index (κ2) is 9.66. The average Bonchev–Trinajstić information content (AvgIpc) is 2.86. The lowest BCUT2D eigenvalue weighted by molar-refractivity contribution is -0.139. The molecule has 2 rings (SSSR count). The molecule has 1 aliphatic rings. The Morgan fingerprint density at radius 2 is 1.96 bits per heavy atom. The van der Waals surface area contributed by atoms with Gasteiger partial charge in [0.1, 0.15) is 0 Å². The second-order valence-electron chi connectivity index (χ2n) is 6.02. The van der Waals surface area contributed by atoms with Crippen LogP contribution in [0.5, 0.6) is 11.5 Å². The van der Waals surface area contributed by atoms with Crippen molar-refractivity contribution in [3.8, 4) is 11.5 Å². The van der Waals surface area contributed by atoms with Crippen LogP contribution in [0.4, 0.5) is 0 Å². The minimum absolute atomic E-state index is 0.0332. The number of carbonyl (C=O) groups is 2. The van der Waals surface area contributed by atoms with Gasteiger partial charge in [-0.15, -0.1) is 0 Å². The van der Waals surface area contributed by atoms with E-state index < -0.39 is 11.8 Å². The molecule has 0 heterocycles. The lowest BCUT2D eigenvalue weighted by Crippen LogP contribution is -2.43. The molecule has 0 aliphatic heterocycles. The van der Waals surface area contributed by atoms with Crippen molar-refractivity contribution < 1.29 is 19.4 Å². The molecule has 136 valence electrons. The van der Waals surface area contributed by atoms with Crippen molar-refractivity contribution in [1.82, 2.24) is 10.7 Å². The SMILES string of the molecule is CCOc1cc(/C=N\NC(=O)C(=O)NC2CCCCCC2)ccc1O. The van der Waals surface area contributed by atoms with E-state index in [9.17, 15) is 14.7 Å². The number of benzene rings is 1. The van der Waals surface area contributed by atoms with E-state index in [-0.39, 0.29) is 11.8 Å². The fraction of sp³-hybridized carbons (Fsp3) is 0.500. The number of amides is 2. The first kappa shape index (κ1) is 18.8.